The lowest BCUT2D eigenvalue weighted by Gasteiger charge is -2.34. The number of amides is 1. The zero-order chi connectivity index (χ0) is 22.8. The highest BCUT2D eigenvalue weighted by Gasteiger charge is 2.42. The Morgan fingerprint density at radius 1 is 1.29 bits per heavy atom. The fourth-order valence-electron chi connectivity index (χ4n) is 3.19. The summed E-state index contributed by atoms with van der Waals surface area (Å²) in [6.45, 7) is 2.49. The Kier molecular flexibility index (Phi) is 6.26. The van der Waals surface area contributed by atoms with Gasteiger partial charge >= 0.3 is 5.97 Å². The molecule has 8 nitrogen and oxygen atoms in total. The van der Waals surface area contributed by atoms with Gasteiger partial charge in [-0.2, -0.15) is 5.10 Å². The number of nitrogens with zero attached hydrogens (tertiary/aromatic N) is 3. The zero-order valence-electron chi connectivity index (χ0n) is 17.8. The molecule has 0 aliphatic rings. The first-order valence-electron chi connectivity index (χ1n) is 9.55. The molecule has 0 aliphatic heterocycles. The number of likely N-dealkylation sites (N-methyl/N-ethyl adjacent to an activating group) is 1. The van der Waals surface area contributed by atoms with Crippen LogP contribution in [0.1, 0.15) is 28.5 Å². The Morgan fingerprint density at radius 2 is 2.00 bits per heavy atom. The molecule has 0 bridgehead atoms. The summed E-state index contributed by atoms with van der Waals surface area (Å²) in [6, 6.07) is 9.58. The molecule has 1 unspecified atom stereocenters. The van der Waals surface area contributed by atoms with Gasteiger partial charge < -0.3 is 19.5 Å². The first kappa shape index (κ1) is 22.2. The van der Waals surface area contributed by atoms with Gasteiger partial charge in [0.15, 0.2) is 5.54 Å². The van der Waals surface area contributed by atoms with Crippen LogP contribution in [0, 0.1) is 12.7 Å². The molecule has 3 aromatic rings. The third kappa shape index (κ3) is 4.09. The summed E-state index contributed by atoms with van der Waals surface area (Å²) in [5, 5.41) is 14.1. The van der Waals surface area contributed by atoms with Gasteiger partial charge in [-0.25, -0.2) is 13.7 Å². The van der Waals surface area contributed by atoms with E-state index in [1.54, 1.807) is 43.5 Å². The molecule has 1 atom stereocenters. The van der Waals surface area contributed by atoms with E-state index >= 15 is 0 Å². The van der Waals surface area contributed by atoms with Gasteiger partial charge in [-0.1, -0.05) is 18.2 Å². The van der Waals surface area contributed by atoms with Crippen molar-refractivity contribution in [2.75, 3.05) is 20.8 Å². The van der Waals surface area contributed by atoms with Gasteiger partial charge in [0.25, 0.3) is 5.91 Å². The van der Waals surface area contributed by atoms with Gasteiger partial charge in [0, 0.05) is 24.9 Å². The second kappa shape index (κ2) is 8.73. The number of fused-ring (bicyclic) bond motifs is 1. The normalized spacial score (nSPS) is 13.0. The lowest BCUT2D eigenvalue weighted by atomic mass is 10.00. The third-order valence-corrected chi connectivity index (χ3v) is 5.33. The second-order valence-electron chi connectivity index (χ2n) is 7.32. The van der Waals surface area contributed by atoms with E-state index in [2.05, 4.69) is 5.10 Å². The summed E-state index contributed by atoms with van der Waals surface area (Å²) in [6.07, 6.45) is 1.63. The number of aliphatic hydroxyl groups is 1. The van der Waals surface area contributed by atoms with Gasteiger partial charge in [-0.15, -0.1) is 0 Å². The van der Waals surface area contributed by atoms with Crippen molar-refractivity contribution in [1.82, 2.24) is 14.5 Å². The first-order chi connectivity index (χ1) is 14.7. The van der Waals surface area contributed by atoms with Gasteiger partial charge in [-0.3, -0.25) is 4.79 Å². The number of pyridine rings is 1. The number of halogens is 1. The van der Waals surface area contributed by atoms with Gasteiger partial charge in [0.2, 0.25) is 0 Å². The van der Waals surface area contributed by atoms with Crippen molar-refractivity contribution in [3.63, 3.8) is 0 Å². The van der Waals surface area contributed by atoms with Crippen LogP contribution in [0.3, 0.4) is 0 Å². The summed E-state index contributed by atoms with van der Waals surface area (Å²) in [4.78, 5) is 26.6. The smallest absolute Gasteiger partial charge is 0.333 e. The molecular formula is C22H24FN3O5. The summed E-state index contributed by atoms with van der Waals surface area (Å²) in [5.74, 6) is -1.20. The van der Waals surface area contributed by atoms with Crippen LogP contribution in [0.2, 0.25) is 0 Å². The number of hydrogen-bond donors (Lipinski definition) is 1. The minimum Gasteiger partial charge on any atom is -0.489 e. The Morgan fingerprint density at radius 3 is 2.65 bits per heavy atom. The number of rotatable bonds is 7. The maximum Gasteiger partial charge on any atom is 0.333 e. The fourth-order valence-corrected chi connectivity index (χ4v) is 3.19. The molecule has 1 aromatic carbocycles. The van der Waals surface area contributed by atoms with Crippen LogP contribution in [-0.2, 0) is 16.1 Å². The van der Waals surface area contributed by atoms with Crippen LogP contribution in [0.15, 0.2) is 42.6 Å². The number of aliphatic hydroxyl groups excluding tert-OH is 1. The van der Waals surface area contributed by atoms with Gasteiger partial charge in [0.05, 0.1) is 30.5 Å². The number of esters is 1. The van der Waals surface area contributed by atoms with Crippen molar-refractivity contribution in [3.05, 3.63) is 65.2 Å². The van der Waals surface area contributed by atoms with E-state index in [4.69, 9.17) is 9.47 Å². The highest BCUT2D eigenvalue weighted by molar-refractivity contribution is 6.04. The highest BCUT2D eigenvalue weighted by Crippen LogP contribution is 2.25. The molecule has 3 rings (SSSR count). The van der Waals surface area contributed by atoms with Crippen molar-refractivity contribution >= 4 is 17.4 Å². The zero-order valence-corrected chi connectivity index (χ0v) is 17.8. The SMILES string of the molecule is COC(=O)C(C)(CO)N(C)C(=O)c1c(C)nn2ccc(OCc3ccccc3F)cc12. The average Bonchev–Trinajstić information content (AvgIpc) is 3.11. The molecule has 2 heterocycles. The maximum absolute atomic E-state index is 13.8. The van der Waals surface area contributed by atoms with Gasteiger partial charge in [-0.05, 0) is 26.0 Å². The average molecular weight is 429 g/mol. The number of benzene rings is 1. The summed E-state index contributed by atoms with van der Waals surface area (Å²) in [7, 11) is 2.60. The number of methoxy groups -OCH3 is 1. The van der Waals surface area contributed by atoms with Crippen molar-refractivity contribution in [2.24, 2.45) is 0 Å². The van der Waals surface area contributed by atoms with Gasteiger partial charge in [0.1, 0.15) is 18.2 Å². The van der Waals surface area contributed by atoms with Crippen LogP contribution in [0.25, 0.3) is 5.52 Å². The summed E-state index contributed by atoms with van der Waals surface area (Å²) in [5.41, 5.74) is -0.0213. The quantitative estimate of drug-likeness (QED) is 0.580. The molecule has 0 fully saturated rings. The lowest BCUT2D eigenvalue weighted by Crippen LogP contribution is -2.56. The monoisotopic (exact) mass is 429 g/mol. The van der Waals surface area contributed by atoms with Crippen molar-refractivity contribution < 1.29 is 28.6 Å². The van der Waals surface area contributed by atoms with E-state index in [-0.39, 0.29) is 18.0 Å². The largest absolute Gasteiger partial charge is 0.489 e. The Bertz CT molecular complexity index is 1130. The van der Waals surface area contributed by atoms with E-state index in [0.29, 0.717) is 22.5 Å². The topological polar surface area (TPSA) is 93.4 Å². The number of hydrogen-bond acceptors (Lipinski definition) is 6. The van der Waals surface area contributed by atoms with Crippen molar-refractivity contribution in [3.8, 4) is 5.75 Å². The van der Waals surface area contributed by atoms with E-state index in [1.807, 2.05) is 0 Å². The fraction of sp³-hybridized carbons (Fsp3) is 0.318. The molecule has 164 valence electrons. The van der Waals surface area contributed by atoms with E-state index in [9.17, 15) is 19.1 Å². The summed E-state index contributed by atoms with van der Waals surface area (Å²) < 4.78 is 25.8. The number of carbonyl (C=O) groups is 2. The van der Waals surface area contributed by atoms with Crippen molar-refractivity contribution in [2.45, 2.75) is 26.0 Å². The Labute approximate surface area is 178 Å². The van der Waals surface area contributed by atoms with Crippen LogP contribution < -0.4 is 4.74 Å². The standard InChI is InChI=1S/C22H24FN3O5/c1-14-19(20(28)25(3)22(2,13-27)21(29)30-4)18-11-16(9-10-26(18)24-14)31-12-15-7-5-6-8-17(15)23/h5-11,27H,12-13H2,1-4H3. The molecule has 2 aromatic heterocycles. The van der Waals surface area contributed by atoms with E-state index in [1.165, 1.54) is 31.7 Å². The minimum absolute atomic E-state index is 0.0179. The Hall–Kier alpha value is -3.46. The molecular weight excluding hydrogens is 405 g/mol. The predicted octanol–water partition coefficient (Wildman–Crippen LogP) is 2.36. The van der Waals surface area contributed by atoms with E-state index in [0.717, 1.165) is 4.90 Å². The second-order valence-corrected chi connectivity index (χ2v) is 7.32. The lowest BCUT2D eigenvalue weighted by molar-refractivity contribution is -0.154. The number of carbonyl (C=O) groups excluding carboxylic acids is 2. The molecule has 0 saturated heterocycles. The van der Waals surface area contributed by atoms with Crippen LogP contribution in [0.5, 0.6) is 5.75 Å². The molecule has 0 radical (unpaired) electrons. The third-order valence-electron chi connectivity index (χ3n) is 5.33. The van der Waals surface area contributed by atoms with Crippen LogP contribution in [0.4, 0.5) is 4.39 Å². The molecule has 1 amide bonds. The molecule has 9 heteroatoms. The first-order valence-corrected chi connectivity index (χ1v) is 9.55. The molecule has 0 aliphatic carbocycles. The van der Waals surface area contributed by atoms with Crippen LogP contribution in [-0.4, -0.2) is 57.8 Å². The number of aryl methyl sites for hydroxylation is 1. The maximum atomic E-state index is 13.8. The molecule has 0 spiro atoms. The highest BCUT2D eigenvalue weighted by atomic mass is 19.1. The molecule has 0 saturated carbocycles. The Balaban J connectivity index is 1.94. The number of aromatic nitrogens is 2. The predicted molar refractivity (Wildman–Crippen MR) is 110 cm³/mol. The molecule has 31 heavy (non-hydrogen) atoms. The molecule has 1 N–H and O–H groups in total. The summed E-state index contributed by atoms with van der Waals surface area (Å²) >= 11 is 0. The van der Waals surface area contributed by atoms with Crippen molar-refractivity contribution in [1.29, 1.82) is 0 Å². The van der Waals surface area contributed by atoms with Crippen LogP contribution >= 0.6 is 0 Å². The van der Waals surface area contributed by atoms with E-state index < -0.39 is 24.0 Å². The number of ether oxygens (including phenoxy) is 2. The minimum atomic E-state index is -1.56.